The van der Waals surface area contributed by atoms with Crippen molar-refractivity contribution in [3.8, 4) is 17.2 Å². The number of hydrogen-bond donors (Lipinski definition) is 1. The van der Waals surface area contributed by atoms with Crippen molar-refractivity contribution in [3.63, 3.8) is 0 Å². The van der Waals surface area contributed by atoms with Crippen molar-refractivity contribution in [2.45, 2.75) is 0 Å². The van der Waals surface area contributed by atoms with Gasteiger partial charge in [-0.1, -0.05) is 0 Å². The van der Waals surface area contributed by atoms with Gasteiger partial charge in [0.2, 0.25) is 0 Å². The van der Waals surface area contributed by atoms with Gasteiger partial charge in [0.1, 0.15) is 5.75 Å². The molecular formula is C14H20N2O4. The van der Waals surface area contributed by atoms with Crippen LogP contribution in [0, 0.1) is 0 Å². The highest BCUT2D eigenvalue weighted by Crippen LogP contribution is 2.35. The Hall–Kier alpha value is -1.95. The van der Waals surface area contributed by atoms with Crippen LogP contribution in [-0.4, -0.2) is 58.3 Å². The molecule has 0 radical (unpaired) electrons. The third-order valence-corrected chi connectivity index (χ3v) is 3.34. The summed E-state index contributed by atoms with van der Waals surface area (Å²) in [7, 11) is 4.63. The molecule has 0 atom stereocenters. The molecule has 0 aromatic heterocycles. The second-order valence-corrected chi connectivity index (χ2v) is 4.45. The van der Waals surface area contributed by atoms with E-state index >= 15 is 0 Å². The third kappa shape index (κ3) is 2.80. The summed E-state index contributed by atoms with van der Waals surface area (Å²) in [5.41, 5.74) is 0.493. The Morgan fingerprint density at radius 3 is 2.10 bits per heavy atom. The van der Waals surface area contributed by atoms with Crippen LogP contribution in [0.3, 0.4) is 0 Å². The minimum absolute atomic E-state index is 0.0516. The second kappa shape index (κ2) is 6.47. The predicted molar refractivity (Wildman–Crippen MR) is 74.9 cm³/mol. The zero-order chi connectivity index (χ0) is 14.5. The Kier molecular flexibility index (Phi) is 4.68. The molecule has 6 heteroatoms. The number of carbonyl (C=O) groups excluding carboxylic acids is 1. The number of carbonyl (C=O) groups is 1. The van der Waals surface area contributed by atoms with E-state index in [1.165, 1.54) is 7.11 Å². The Morgan fingerprint density at radius 2 is 1.55 bits per heavy atom. The number of rotatable bonds is 4. The van der Waals surface area contributed by atoms with Gasteiger partial charge in [-0.2, -0.15) is 0 Å². The lowest BCUT2D eigenvalue weighted by atomic mass is 10.1. The zero-order valence-corrected chi connectivity index (χ0v) is 12.1. The molecule has 1 heterocycles. The summed E-state index contributed by atoms with van der Waals surface area (Å²) in [4.78, 5) is 14.4. The van der Waals surface area contributed by atoms with Gasteiger partial charge >= 0.3 is 0 Å². The number of amides is 1. The summed E-state index contributed by atoms with van der Waals surface area (Å²) >= 11 is 0. The van der Waals surface area contributed by atoms with Gasteiger partial charge in [-0.05, 0) is 0 Å². The normalized spacial score (nSPS) is 14.8. The van der Waals surface area contributed by atoms with Gasteiger partial charge in [0.05, 0.1) is 26.9 Å². The van der Waals surface area contributed by atoms with E-state index in [0.29, 0.717) is 35.9 Å². The summed E-state index contributed by atoms with van der Waals surface area (Å²) in [6, 6.07) is 3.34. The maximum Gasteiger partial charge on any atom is 0.257 e. The molecule has 0 saturated carbocycles. The minimum Gasteiger partial charge on any atom is -0.496 e. The van der Waals surface area contributed by atoms with Crippen LogP contribution < -0.4 is 19.5 Å². The van der Waals surface area contributed by atoms with Gasteiger partial charge in [0, 0.05) is 38.3 Å². The molecule has 20 heavy (non-hydrogen) atoms. The van der Waals surface area contributed by atoms with Crippen molar-refractivity contribution >= 4 is 5.91 Å². The van der Waals surface area contributed by atoms with E-state index < -0.39 is 0 Å². The maximum atomic E-state index is 12.6. The second-order valence-electron chi connectivity index (χ2n) is 4.45. The SMILES string of the molecule is COc1cc(OC)c(C(=O)N2CCNCC2)cc1OC. The molecule has 1 N–H and O–H groups in total. The van der Waals surface area contributed by atoms with E-state index in [1.807, 2.05) is 0 Å². The molecule has 1 amide bonds. The summed E-state index contributed by atoms with van der Waals surface area (Å²) in [5.74, 6) is 1.50. The number of methoxy groups -OCH3 is 3. The van der Waals surface area contributed by atoms with E-state index in [1.54, 1.807) is 31.3 Å². The quantitative estimate of drug-likeness (QED) is 0.882. The standard InChI is InChI=1S/C14H20N2O4/c1-18-11-9-13(20-3)12(19-2)8-10(11)14(17)16-6-4-15-5-7-16/h8-9,15H,4-7H2,1-3H3. The van der Waals surface area contributed by atoms with Crippen LogP contribution in [0.2, 0.25) is 0 Å². The van der Waals surface area contributed by atoms with Gasteiger partial charge in [-0.25, -0.2) is 0 Å². The van der Waals surface area contributed by atoms with Crippen LogP contribution in [-0.2, 0) is 0 Å². The lowest BCUT2D eigenvalue weighted by Gasteiger charge is -2.28. The molecule has 1 aromatic carbocycles. The van der Waals surface area contributed by atoms with Crippen molar-refractivity contribution in [2.75, 3.05) is 47.5 Å². The molecule has 0 aliphatic carbocycles. The smallest absolute Gasteiger partial charge is 0.257 e. The van der Waals surface area contributed by atoms with E-state index in [9.17, 15) is 4.79 Å². The number of piperazine rings is 1. The van der Waals surface area contributed by atoms with Crippen molar-refractivity contribution in [3.05, 3.63) is 17.7 Å². The zero-order valence-electron chi connectivity index (χ0n) is 12.1. The lowest BCUT2D eigenvalue weighted by Crippen LogP contribution is -2.46. The van der Waals surface area contributed by atoms with Gasteiger partial charge in [0.25, 0.3) is 5.91 Å². The van der Waals surface area contributed by atoms with Crippen molar-refractivity contribution in [1.82, 2.24) is 10.2 Å². The first-order valence-electron chi connectivity index (χ1n) is 6.51. The Balaban J connectivity index is 2.35. The topological polar surface area (TPSA) is 60.0 Å². The molecular weight excluding hydrogens is 260 g/mol. The Labute approximate surface area is 118 Å². The minimum atomic E-state index is -0.0516. The molecule has 0 spiro atoms. The van der Waals surface area contributed by atoms with Gasteiger partial charge in [-0.15, -0.1) is 0 Å². The van der Waals surface area contributed by atoms with Crippen molar-refractivity contribution in [2.24, 2.45) is 0 Å². The lowest BCUT2D eigenvalue weighted by molar-refractivity contribution is 0.0732. The van der Waals surface area contributed by atoms with E-state index in [-0.39, 0.29) is 5.91 Å². The van der Waals surface area contributed by atoms with Crippen LogP contribution in [0.5, 0.6) is 17.2 Å². The third-order valence-electron chi connectivity index (χ3n) is 3.34. The largest absolute Gasteiger partial charge is 0.496 e. The van der Waals surface area contributed by atoms with Crippen LogP contribution in [0.1, 0.15) is 10.4 Å². The Morgan fingerprint density at radius 1 is 1.00 bits per heavy atom. The molecule has 6 nitrogen and oxygen atoms in total. The maximum absolute atomic E-state index is 12.6. The summed E-state index contributed by atoms with van der Waals surface area (Å²) in [6.45, 7) is 3.00. The van der Waals surface area contributed by atoms with Crippen LogP contribution in [0.4, 0.5) is 0 Å². The highest BCUT2D eigenvalue weighted by atomic mass is 16.5. The van der Waals surface area contributed by atoms with Crippen LogP contribution >= 0.6 is 0 Å². The molecule has 1 aliphatic rings. The first-order chi connectivity index (χ1) is 9.71. The predicted octanol–water partition coefficient (Wildman–Crippen LogP) is 0.758. The number of benzene rings is 1. The number of nitrogens with zero attached hydrogens (tertiary/aromatic N) is 1. The fourth-order valence-corrected chi connectivity index (χ4v) is 2.23. The highest BCUT2D eigenvalue weighted by Gasteiger charge is 2.23. The van der Waals surface area contributed by atoms with Crippen molar-refractivity contribution < 1.29 is 19.0 Å². The van der Waals surface area contributed by atoms with E-state index in [2.05, 4.69) is 5.32 Å². The fourth-order valence-electron chi connectivity index (χ4n) is 2.23. The average Bonchev–Trinajstić information content (AvgIpc) is 2.53. The summed E-state index contributed by atoms with van der Waals surface area (Å²) in [6.07, 6.45) is 0. The molecule has 1 aliphatic heterocycles. The fraction of sp³-hybridized carbons (Fsp3) is 0.500. The number of ether oxygens (including phenoxy) is 3. The molecule has 1 saturated heterocycles. The first kappa shape index (κ1) is 14.5. The van der Waals surface area contributed by atoms with Gasteiger partial charge < -0.3 is 24.4 Å². The molecule has 1 aromatic rings. The first-order valence-corrected chi connectivity index (χ1v) is 6.51. The molecule has 0 bridgehead atoms. The monoisotopic (exact) mass is 280 g/mol. The number of nitrogens with one attached hydrogen (secondary N) is 1. The van der Waals surface area contributed by atoms with Crippen LogP contribution in [0.25, 0.3) is 0 Å². The number of hydrogen-bond acceptors (Lipinski definition) is 5. The highest BCUT2D eigenvalue weighted by molar-refractivity contribution is 5.98. The van der Waals surface area contributed by atoms with Gasteiger partial charge in [0.15, 0.2) is 11.5 Å². The Bertz CT molecular complexity index is 484. The summed E-state index contributed by atoms with van der Waals surface area (Å²) < 4.78 is 15.8. The molecule has 2 rings (SSSR count). The molecule has 0 unspecified atom stereocenters. The molecule has 110 valence electrons. The average molecular weight is 280 g/mol. The molecule has 1 fully saturated rings. The van der Waals surface area contributed by atoms with E-state index in [0.717, 1.165) is 13.1 Å². The van der Waals surface area contributed by atoms with Crippen molar-refractivity contribution in [1.29, 1.82) is 0 Å². The van der Waals surface area contributed by atoms with Gasteiger partial charge in [-0.3, -0.25) is 4.79 Å². The summed E-state index contributed by atoms with van der Waals surface area (Å²) in [5, 5.41) is 3.22. The van der Waals surface area contributed by atoms with Crippen LogP contribution in [0.15, 0.2) is 12.1 Å². The van der Waals surface area contributed by atoms with E-state index in [4.69, 9.17) is 14.2 Å².